The summed E-state index contributed by atoms with van der Waals surface area (Å²) in [6, 6.07) is 53.5. The number of benzene rings is 6. The normalized spacial score (nSPS) is 13.3. The third-order valence-corrected chi connectivity index (χ3v) is 9.35. The van der Waals surface area contributed by atoms with Gasteiger partial charge in [-0.15, -0.1) is 0 Å². The van der Waals surface area contributed by atoms with Gasteiger partial charge in [-0.25, -0.2) is 0 Å². The molecule has 0 fully saturated rings. The Morgan fingerprint density at radius 2 is 1.23 bits per heavy atom. The van der Waals surface area contributed by atoms with E-state index >= 15 is 0 Å². The summed E-state index contributed by atoms with van der Waals surface area (Å²) in [4.78, 5) is 2.21. The van der Waals surface area contributed by atoms with Crippen LogP contribution in [0.2, 0.25) is 0 Å². The van der Waals surface area contributed by atoms with Crippen LogP contribution in [0, 0.1) is 0 Å². The van der Waals surface area contributed by atoms with E-state index < -0.39 is 0 Å². The van der Waals surface area contributed by atoms with Gasteiger partial charge in [0, 0.05) is 12.1 Å². The molecular weight excluding hydrogens is 657 g/mol. The van der Waals surface area contributed by atoms with Gasteiger partial charge in [0.25, 0.3) is 5.52 Å². The number of anilines is 1. The van der Waals surface area contributed by atoms with E-state index in [1.807, 2.05) is 72.8 Å². The largest absolute Gasteiger partial charge is 0.492 e. The Kier molecular flexibility index (Phi) is 10.0. The summed E-state index contributed by atoms with van der Waals surface area (Å²) in [5.74, 6) is 3.99. The second kappa shape index (κ2) is 15.8. The summed E-state index contributed by atoms with van der Waals surface area (Å²) < 4.78 is 27.7. The maximum absolute atomic E-state index is 6.58. The Bertz CT molecular complexity index is 2350. The lowest BCUT2D eigenvalue weighted by Crippen LogP contribution is -2.38. The lowest BCUT2D eigenvalue weighted by molar-refractivity contribution is -0.678. The second-order valence-electron chi connectivity index (χ2n) is 12.8. The van der Waals surface area contributed by atoms with E-state index in [1.54, 1.807) is 0 Å². The molecule has 0 aliphatic carbocycles. The molecule has 0 radical (unpaired) electrons. The van der Waals surface area contributed by atoms with E-state index in [0.717, 1.165) is 80.1 Å². The zero-order valence-corrected chi connectivity index (χ0v) is 29.7. The molecule has 1 aliphatic rings. The van der Waals surface area contributed by atoms with E-state index in [-0.39, 0.29) is 0 Å². The van der Waals surface area contributed by atoms with Crippen LogP contribution in [-0.4, -0.2) is 19.8 Å². The third kappa shape index (κ3) is 7.72. The minimum atomic E-state index is 0.486. The lowest BCUT2D eigenvalue weighted by atomic mass is 10.0. The van der Waals surface area contributed by atoms with Gasteiger partial charge >= 0.3 is 5.89 Å². The van der Waals surface area contributed by atoms with Crippen molar-refractivity contribution in [2.24, 2.45) is 0 Å². The molecule has 0 bridgehead atoms. The number of hydrogen-bond acceptors (Lipinski definition) is 5. The number of allylic oxidation sites excluding steroid dienone is 2. The molecule has 0 saturated carbocycles. The lowest BCUT2D eigenvalue weighted by Gasteiger charge is -2.19. The smallest absolute Gasteiger partial charge is 0.374 e. The highest BCUT2D eigenvalue weighted by molar-refractivity contribution is 5.79. The Hall–Kier alpha value is -6.53. The predicted molar refractivity (Wildman–Crippen MR) is 212 cm³/mol. The predicted octanol–water partition coefficient (Wildman–Crippen LogP) is 10.7. The fourth-order valence-corrected chi connectivity index (χ4v) is 6.60. The zero-order chi connectivity index (χ0) is 35.8. The van der Waals surface area contributed by atoms with E-state index in [1.165, 1.54) is 0 Å². The van der Waals surface area contributed by atoms with Gasteiger partial charge in [-0.2, -0.15) is 4.57 Å². The van der Waals surface area contributed by atoms with Crippen molar-refractivity contribution < 1.29 is 23.2 Å². The van der Waals surface area contributed by atoms with Crippen LogP contribution in [0.3, 0.4) is 0 Å². The number of nitrogens with zero attached hydrogens (tertiary/aromatic N) is 2. The highest BCUT2D eigenvalue weighted by Crippen LogP contribution is 2.42. The van der Waals surface area contributed by atoms with Crippen LogP contribution in [0.15, 0.2) is 180 Å². The molecule has 0 spiro atoms. The first-order chi connectivity index (χ1) is 26.2. The number of aromatic nitrogens is 1. The van der Waals surface area contributed by atoms with Gasteiger partial charge in [-0.05, 0) is 76.7 Å². The summed E-state index contributed by atoms with van der Waals surface area (Å²) in [5.41, 5.74) is 8.47. The molecule has 0 unspecified atom stereocenters. The van der Waals surface area contributed by atoms with Crippen LogP contribution >= 0.6 is 0 Å². The standard InChI is InChI=1S/C47H41N2O4/c1-2-35(31-46-48(27-29-50-40-19-11-5-12-20-40)42-33-38(23-25-44(42)52-46)36-15-7-3-8-16-36)32-47-49(28-30-51-41-21-13-6-14-22-41)43-34-39(24-26-45(43)53-47)37-17-9-4-10-18-37/h3-26,31-34H,2,27-30H2,1H3/q+1. The average molecular weight is 698 g/mol. The molecule has 6 nitrogen and oxygen atoms in total. The molecule has 7 aromatic rings. The van der Waals surface area contributed by atoms with Gasteiger partial charge in [-0.3, -0.25) is 0 Å². The molecule has 6 heteroatoms. The number of para-hydroxylation sites is 2. The Morgan fingerprint density at radius 1 is 0.642 bits per heavy atom. The van der Waals surface area contributed by atoms with Gasteiger partial charge in [-0.1, -0.05) is 116 Å². The minimum Gasteiger partial charge on any atom is -0.492 e. The van der Waals surface area contributed by atoms with Crippen molar-refractivity contribution in [2.45, 2.75) is 19.9 Å². The van der Waals surface area contributed by atoms with Gasteiger partial charge in [0.1, 0.15) is 24.7 Å². The third-order valence-electron chi connectivity index (χ3n) is 9.35. The molecule has 8 rings (SSSR count). The molecule has 262 valence electrons. The maximum atomic E-state index is 6.58. The summed E-state index contributed by atoms with van der Waals surface area (Å²) in [7, 11) is 0. The van der Waals surface area contributed by atoms with Crippen LogP contribution < -0.4 is 23.7 Å². The van der Waals surface area contributed by atoms with Gasteiger partial charge in [0.15, 0.2) is 12.3 Å². The van der Waals surface area contributed by atoms with Crippen molar-refractivity contribution >= 4 is 22.9 Å². The van der Waals surface area contributed by atoms with Crippen molar-refractivity contribution in [3.8, 4) is 39.5 Å². The molecule has 2 heterocycles. The van der Waals surface area contributed by atoms with Gasteiger partial charge < -0.3 is 23.5 Å². The van der Waals surface area contributed by atoms with Crippen molar-refractivity contribution in [3.05, 3.63) is 181 Å². The highest BCUT2D eigenvalue weighted by atomic mass is 16.5. The van der Waals surface area contributed by atoms with Crippen molar-refractivity contribution in [1.82, 2.24) is 0 Å². The molecule has 0 saturated heterocycles. The Labute approximate surface area is 310 Å². The van der Waals surface area contributed by atoms with Crippen LogP contribution in [-0.2, 0) is 6.54 Å². The molecule has 0 amide bonds. The van der Waals surface area contributed by atoms with E-state index in [9.17, 15) is 0 Å². The molecule has 6 aromatic carbocycles. The first-order valence-electron chi connectivity index (χ1n) is 18.2. The molecule has 1 aromatic heterocycles. The first kappa shape index (κ1) is 33.6. The summed E-state index contributed by atoms with van der Waals surface area (Å²) in [6.07, 6.45) is 5.01. The monoisotopic (exact) mass is 697 g/mol. The second-order valence-corrected chi connectivity index (χ2v) is 12.8. The minimum absolute atomic E-state index is 0.486. The topological polar surface area (TPSA) is 48.0 Å². The average Bonchev–Trinajstić information content (AvgIpc) is 3.74. The molecule has 53 heavy (non-hydrogen) atoms. The first-order valence-corrected chi connectivity index (χ1v) is 18.2. The van der Waals surface area contributed by atoms with Crippen molar-refractivity contribution in [3.63, 3.8) is 0 Å². The zero-order valence-electron chi connectivity index (χ0n) is 29.7. The van der Waals surface area contributed by atoms with Gasteiger partial charge in [0.2, 0.25) is 11.5 Å². The van der Waals surface area contributed by atoms with Crippen LogP contribution in [0.5, 0.6) is 17.2 Å². The van der Waals surface area contributed by atoms with Gasteiger partial charge in [0.05, 0.1) is 18.3 Å². The highest BCUT2D eigenvalue weighted by Gasteiger charge is 2.28. The summed E-state index contributed by atoms with van der Waals surface area (Å²) >= 11 is 0. The Balaban J connectivity index is 1.14. The molecular formula is C47H41N2O4+. The van der Waals surface area contributed by atoms with E-state index in [4.69, 9.17) is 18.6 Å². The van der Waals surface area contributed by atoms with Crippen LogP contribution in [0.4, 0.5) is 5.69 Å². The van der Waals surface area contributed by atoms with Crippen LogP contribution in [0.25, 0.3) is 39.4 Å². The van der Waals surface area contributed by atoms with Crippen molar-refractivity contribution in [1.29, 1.82) is 0 Å². The van der Waals surface area contributed by atoms with Crippen LogP contribution in [0.1, 0.15) is 19.2 Å². The number of fused-ring (bicyclic) bond motifs is 2. The summed E-state index contributed by atoms with van der Waals surface area (Å²) in [5, 5.41) is 0. The fourth-order valence-electron chi connectivity index (χ4n) is 6.60. The van der Waals surface area contributed by atoms with E-state index in [2.05, 4.69) is 113 Å². The maximum Gasteiger partial charge on any atom is 0.374 e. The number of rotatable bonds is 13. The molecule has 1 aliphatic heterocycles. The SMILES string of the molecule is CCC(=Cc1oc2ccc(-c3ccccc3)cc2[n+]1CCOc1ccccc1)C=C1Oc2ccc(-c3ccccc3)cc2N1CCOc1ccccc1. The fraction of sp³-hybridized carbons (Fsp3) is 0.128. The Morgan fingerprint density at radius 3 is 1.87 bits per heavy atom. The molecule has 0 N–H and O–H groups in total. The van der Waals surface area contributed by atoms with E-state index in [0.29, 0.717) is 26.3 Å². The quantitative estimate of drug-likeness (QED) is 0.112. The summed E-state index contributed by atoms with van der Waals surface area (Å²) in [6.45, 7) is 4.33. The number of oxazole rings is 1. The van der Waals surface area contributed by atoms with Crippen molar-refractivity contribution in [2.75, 3.05) is 24.7 Å². The molecule has 0 atom stereocenters. The number of ether oxygens (including phenoxy) is 3. The number of hydrogen-bond donors (Lipinski definition) is 0.